The fourth-order valence-electron chi connectivity index (χ4n) is 1.77. The van der Waals surface area contributed by atoms with Crippen LogP contribution in [0.3, 0.4) is 0 Å². The van der Waals surface area contributed by atoms with E-state index < -0.39 is 0 Å². The van der Waals surface area contributed by atoms with Gasteiger partial charge in [0.25, 0.3) is 0 Å². The number of esters is 2. The fraction of sp³-hybridized carbons (Fsp3) is 0.692. The third kappa shape index (κ3) is 6.76. The van der Waals surface area contributed by atoms with Crippen molar-refractivity contribution in [1.29, 1.82) is 0 Å². The molecule has 4 heteroatoms. The minimum atomic E-state index is -0.283. The van der Waals surface area contributed by atoms with Gasteiger partial charge in [0.2, 0.25) is 0 Å². The van der Waals surface area contributed by atoms with Gasteiger partial charge in [-0.1, -0.05) is 18.9 Å². The minimum absolute atomic E-state index is 0.209. The molecule has 4 nitrogen and oxygen atoms in total. The first kappa shape index (κ1) is 13.7. The molecule has 0 fully saturated rings. The van der Waals surface area contributed by atoms with Gasteiger partial charge < -0.3 is 9.47 Å². The number of rotatable bonds is 1. The van der Waals surface area contributed by atoms with Crippen molar-refractivity contribution in [1.82, 2.24) is 0 Å². The second-order valence-corrected chi connectivity index (χ2v) is 4.20. The Labute approximate surface area is 102 Å². The van der Waals surface area contributed by atoms with Gasteiger partial charge >= 0.3 is 11.9 Å². The van der Waals surface area contributed by atoms with Gasteiger partial charge in [0, 0.05) is 6.92 Å². The van der Waals surface area contributed by atoms with Gasteiger partial charge in [0.05, 0.1) is 13.0 Å². The van der Waals surface area contributed by atoms with E-state index >= 15 is 0 Å². The Morgan fingerprint density at radius 1 is 1.35 bits per heavy atom. The van der Waals surface area contributed by atoms with Crippen molar-refractivity contribution in [2.24, 2.45) is 0 Å². The van der Waals surface area contributed by atoms with Crippen LogP contribution < -0.4 is 0 Å². The van der Waals surface area contributed by atoms with Crippen molar-refractivity contribution in [2.75, 3.05) is 6.61 Å². The maximum Gasteiger partial charge on any atom is 0.309 e. The summed E-state index contributed by atoms with van der Waals surface area (Å²) in [6.07, 6.45) is 8.42. The molecule has 1 heterocycles. The average molecular weight is 240 g/mol. The Morgan fingerprint density at radius 2 is 2.12 bits per heavy atom. The number of hydrogen-bond donors (Lipinski definition) is 0. The number of cyclic esters (lactones) is 1. The third-order valence-corrected chi connectivity index (χ3v) is 2.60. The monoisotopic (exact) mass is 240 g/mol. The Kier molecular flexibility index (Phi) is 6.37. The van der Waals surface area contributed by atoms with Crippen LogP contribution in [-0.4, -0.2) is 24.6 Å². The SMILES string of the molecule is CC(=O)OC1/C=C\CC(=O)OCCCCCC1. The van der Waals surface area contributed by atoms with E-state index in [0.29, 0.717) is 6.61 Å². The van der Waals surface area contributed by atoms with E-state index in [1.165, 1.54) is 6.92 Å². The van der Waals surface area contributed by atoms with Crippen LogP contribution in [0.2, 0.25) is 0 Å². The number of carbonyl (C=O) groups excluding carboxylic acids is 2. The summed E-state index contributed by atoms with van der Waals surface area (Å²) in [6.45, 7) is 1.91. The highest BCUT2D eigenvalue weighted by atomic mass is 16.5. The van der Waals surface area contributed by atoms with E-state index in [4.69, 9.17) is 9.47 Å². The molecular weight excluding hydrogens is 220 g/mol. The minimum Gasteiger partial charge on any atom is -0.465 e. The smallest absolute Gasteiger partial charge is 0.309 e. The molecule has 0 saturated heterocycles. The van der Waals surface area contributed by atoms with E-state index in [0.717, 1.165) is 32.1 Å². The highest BCUT2D eigenvalue weighted by molar-refractivity contribution is 5.71. The summed E-state index contributed by atoms with van der Waals surface area (Å²) in [7, 11) is 0. The summed E-state index contributed by atoms with van der Waals surface area (Å²) >= 11 is 0. The van der Waals surface area contributed by atoms with Crippen molar-refractivity contribution in [2.45, 2.75) is 51.6 Å². The summed E-state index contributed by atoms with van der Waals surface area (Å²) < 4.78 is 10.2. The zero-order chi connectivity index (χ0) is 12.5. The maximum atomic E-state index is 11.2. The van der Waals surface area contributed by atoms with Crippen LogP contribution in [0.4, 0.5) is 0 Å². The van der Waals surface area contributed by atoms with Crippen molar-refractivity contribution in [3.63, 3.8) is 0 Å². The summed E-state index contributed by atoms with van der Waals surface area (Å²) in [5.41, 5.74) is 0. The van der Waals surface area contributed by atoms with Crippen LogP contribution in [0.15, 0.2) is 12.2 Å². The molecule has 0 saturated carbocycles. The third-order valence-electron chi connectivity index (χ3n) is 2.60. The van der Waals surface area contributed by atoms with E-state index in [1.54, 1.807) is 12.2 Å². The van der Waals surface area contributed by atoms with E-state index in [-0.39, 0.29) is 24.5 Å². The van der Waals surface area contributed by atoms with Gasteiger partial charge in [-0.25, -0.2) is 0 Å². The predicted octanol–water partition coefficient (Wildman–Crippen LogP) is 2.37. The molecule has 1 atom stereocenters. The van der Waals surface area contributed by atoms with Gasteiger partial charge in [-0.15, -0.1) is 0 Å². The topological polar surface area (TPSA) is 52.6 Å². The van der Waals surface area contributed by atoms with E-state index in [9.17, 15) is 9.59 Å². The van der Waals surface area contributed by atoms with E-state index in [2.05, 4.69) is 0 Å². The van der Waals surface area contributed by atoms with Gasteiger partial charge in [-0.2, -0.15) is 0 Å². The predicted molar refractivity (Wildman–Crippen MR) is 63.4 cm³/mol. The summed E-state index contributed by atoms with van der Waals surface area (Å²) in [5, 5.41) is 0. The van der Waals surface area contributed by atoms with Crippen LogP contribution in [0.25, 0.3) is 0 Å². The molecule has 0 aromatic carbocycles. The van der Waals surface area contributed by atoms with Crippen LogP contribution in [-0.2, 0) is 19.1 Å². The highest BCUT2D eigenvalue weighted by Gasteiger charge is 2.09. The fourth-order valence-corrected chi connectivity index (χ4v) is 1.77. The van der Waals surface area contributed by atoms with E-state index in [1.807, 2.05) is 0 Å². The molecule has 1 unspecified atom stereocenters. The zero-order valence-corrected chi connectivity index (χ0v) is 10.3. The maximum absolute atomic E-state index is 11.2. The first-order chi connectivity index (χ1) is 8.18. The van der Waals surface area contributed by atoms with Crippen LogP contribution in [0.1, 0.15) is 45.4 Å². The number of ether oxygens (including phenoxy) is 2. The quantitative estimate of drug-likeness (QED) is 0.521. The summed E-state index contributed by atoms with van der Waals surface area (Å²) in [5.74, 6) is -0.502. The molecule has 0 aromatic rings. The molecular formula is C13H20O4. The molecule has 0 radical (unpaired) electrons. The largest absolute Gasteiger partial charge is 0.465 e. The van der Waals surface area contributed by atoms with Crippen LogP contribution in [0, 0.1) is 0 Å². The highest BCUT2D eigenvalue weighted by Crippen LogP contribution is 2.11. The molecule has 17 heavy (non-hydrogen) atoms. The molecule has 0 bridgehead atoms. The zero-order valence-electron chi connectivity index (χ0n) is 10.3. The summed E-state index contributed by atoms with van der Waals surface area (Å²) in [4.78, 5) is 22.2. The average Bonchev–Trinajstić information content (AvgIpc) is 2.24. The molecule has 0 amide bonds. The first-order valence-corrected chi connectivity index (χ1v) is 6.18. The van der Waals surface area contributed by atoms with Gasteiger partial charge in [0.1, 0.15) is 6.10 Å². The van der Waals surface area contributed by atoms with Gasteiger partial charge in [-0.3, -0.25) is 9.59 Å². The number of hydrogen-bond acceptors (Lipinski definition) is 4. The van der Waals surface area contributed by atoms with Crippen LogP contribution in [0.5, 0.6) is 0 Å². The molecule has 1 aliphatic heterocycles. The van der Waals surface area contributed by atoms with Gasteiger partial charge in [-0.05, 0) is 25.3 Å². The molecule has 0 aromatic heterocycles. The van der Waals surface area contributed by atoms with Crippen molar-refractivity contribution >= 4 is 11.9 Å². The molecule has 96 valence electrons. The van der Waals surface area contributed by atoms with Gasteiger partial charge in [0.15, 0.2) is 0 Å². The molecule has 0 N–H and O–H groups in total. The molecule has 0 aliphatic carbocycles. The summed E-state index contributed by atoms with van der Waals surface area (Å²) in [6, 6.07) is 0. The Balaban J connectivity index is 2.50. The molecule has 1 aliphatic rings. The second kappa shape index (κ2) is 7.87. The Hall–Kier alpha value is -1.32. The first-order valence-electron chi connectivity index (χ1n) is 6.18. The van der Waals surface area contributed by atoms with Crippen molar-refractivity contribution in [3.8, 4) is 0 Å². The second-order valence-electron chi connectivity index (χ2n) is 4.20. The van der Waals surface area contributed by atoms with Crippen LogP contribution >= 0.6 is 0 Å². The van der Waals surface area contributed by atoms with Crippen molar-refractivity contribution < 1.29 is 19.1 Å². The number of carbonyl (C=O) groups is 2. The Morgan fingerprint density at radius 3 is 2.88 bits per heavy atom. The standard InChI is InChI=1S/C13H20O4/c1-11(14)17-12-7-4-2-3-5-10-16-13(15)9-6-8-12/h6,8,12H,2-5,7,9-10H2,1H3/b8-6-. The molecule has 0 spiro atoms. The normalized spacial score (nSPS) is 25.0. The Bertz CT molecular complexity index is 283. The van der Waals surface area contributed by atoms with Crippen molar-refractivity contribution in [3.05, 3.63) is 12.2 Å². The molecule has 1 rings (SSSR count). The lowest BCUT2D eigenvalue weighted by Crippen LogP contribution is -2.14. The lowest BCUT2D eigenvalue weighted by atomic mass is 10.1. The lowest BCUT2D eigenvalue weighted by Gasteiger charge is -2.13. The lowest BCUT2D eigenvalue weighted by molar-refractivity contribution is -0.144.